The average Bonchev–Trinajstić information content (AvgIpc) is 2.26. The zero-order chi connectivity index (χ0) is 10.8. The van der Waals surface area contributed by atoms with E-state index in [1.807, 2.05) is 6.07 Å². The molecule has 0 unspecified atom stereocenters. The van der Waals surface area contributed by atoms with Gasteiger partial charge >= 0.3 is 5.69 Å². The number of H-pyrrole nitrogens is 1. The highest BCUT2D eigenvalue weighted by Gasteiger charge is 2.04. The first-order valence-electron chi connectivity index (χ1n) is 4.57. The Bertz CT molecular complexity index is 582. The monoisotopic (exact) mass is 202 g/mol. The maximum absolute atomic E-state index is 11.7. The Balaban J connectivity index is 2.80. The van der Waals surface area contributed by atoms with Crippen molar-refractivity contribution in [3.05, 3.63) is 62.9 Å². The average molecular weight is 202 g/mol. The standard InChI is InChI=1S/C11H10N2O2/c1-8-7-12-11(15)13(10(8)14)9-5-3-2-4-6-9/h2-7H,1H3,(H,12,15). The minimum Gasteiger partial charge on any atom is -0.313 e. The summed E-state index contributed by atoms with van der Waals surface area (Å²) in [5.74, 6) is 0. The molecular formula is C11H10N2O2. The maximum atomic E-state index is 11.7. The number of aromatic amines is 1. The third-order valence-electron chi connectivity index (χ3n) is 2.17. The molecule has 0 aliphatic rings. The fourth-order valence-corrected chi connectivity index (χ4v) is 1.38. The van der Waals surface area contributed by atoms with Gasteiger partial charge < -0.3 is 4.98 Å². The zero-order valence-electron chi connectivity index (χ0n) is 8.23. The van der Waals surface area contributed by atoms with Gasteiger partial charge in [-0.3, -0.25) is 4.79 Å². The van der Waals surface area contributed by atoms with E-state index in [-0.39, 0.29) is 5.56 Å². The first-order chi connectivity index (χ1) is 7.20. The largest absolute Gasteiger partial charge is 0.332 e. The second-order valence-corrected chi connectivity index (χ2v) is 3.25. The van der Waals surface area contributed by atoms with Crippen LogP contribution in [0.4, 0.5) is 0 Å². The van der Waals surface area contributed by atoms with E-state index >= 15 is 0 Å². The third-order valence-corrected chi connectivity index (χ3v) is 2.17. The van der Waals surface area contributed by atoms with Gasteiger partial charge in [0.25, 0.3) is 5.56 Å². The van der Waals surface area contributed by atoms with Crippen molar-refractivity contribution in [1.82, 2.24) is 9.55 Å². The van der Waals surface area contributed by atoms with Gasteiger partial charge in [0.2, 0.25) is 0 Å². The second kappa shape index (κ2) is 3.57. The number of aromatic nitrogens is 2. The molecule has 0 spiro atoms. The normalized spacial score (nSPS) is 10.2. The van der Waals surface area contributed by atoms with Crippen molar-refractivity contribution in [3.8, 4) is 5.69 Å². The van der Waals surface area contributed by atoms with E-state index < -0.39 is 5.69 Å². The molecule has 4 heteroatoms. The Kier molecular flexibility index (Phi) is 2.25. The van der Waals surface area contributed by atoms with Crippen LogP contribution in [0, 0.1) is 6.92 Å². The summed E-state index contributed by atoms with van der Waals surface area (Å²) >= 11 is 0. The molecule has 1 N–H and O–H groups in total. The van der Waals surface area contributed by atoms with Crippen LogP contribution in [-0.4, -0.2) is 9.55 Å². The minimum absolute atomic E-state index is 0.287. The Hall–Kier alpha value is -2.10. The fourth-order valence-electron chi connectivity index (χ4n) is 1.38. The zero-order valence-corrected chi connectivity index (χ0v) is 8.23. The van der Waals surface area contributed by atoms with Crippen LogP contribution in [0.3, 0.4) is 0 Å². The lowest BCUT2D eigenvalue weighted by Crippen LogP contribution is -2.34. The molecule has 0 aliphatic heterocycles. The van der Waals surface area contributed by atoms with Crippen LogP contribution in [0.5, 0.6) is 0 Å². The molecule has 1 aromatic heterocycles. The SMILES string of the molecule is Cc1c[nH]c(=O)n(-c2ccccc2)c1=O. The quantitative estimate of drug-likeness (QED) is 0.744. The van der Waals surface area contributed by atoms with Gasteiger partial charge in [-0.1, -0.05) is 18.2 Å². The lowest BCUT2D eigenvalue weighted by Gasteiger charge is -2.03. The number of hydrogen-bond donors (Lipinski definition) is 1. The topological polar surface area (TPSA) is 54.9 Å². The minimum atomic E-state index is -0.420. The number of aryl methyl sites for hydroxylation is 1. The van der Waals surface area contributed by atoms with Crippen molar-refractivity contribution in [2.24, 2.45) is 0 Å². The van der Waals surface area contributed by atoms with Crippen molar-refractivity contribution >= 4 is 0 Å². The van der Waals surface area contributed by atoms with Crippen LogP contribution >= 0.6 is 0 Å². The highest BCUT2D eigenvalue weighted by molar-refractivity contribution is 5.31. The van der Waals surface area contributed by atoms with Crippen LogP contribution in [0.25, 0.3) is 5.69 Å². The summed E-state index contributed by atoms with van der Waals surface area (Å²) in [6, 6.07) is 8.83. The summed E-state index contributed by atoms with van der Waals surface area (Å²) in [6.45, 7) is 1.66. The Morgan fingerprint density at radius 2 is 1.80 bits per heavy atom. The van der Waals surface area contributed by atoms with E-state index in [2.05, 4.69) is 4.98 Å². The molecule has 15 heavy (non-hydrogen) atoms. The number of nitrogens with zero attached hydrogens (tertiary/aromatic N) is 1. The van der Waals surface area contributed by atoms with E-state index in [4.69, 9.17) is 0 Å². The maximum Gasteiger partial charge on any atom is 0.332 e. The van der Waals surface area contributed by atoms with Crippen molar-refractivity contribution in [3.63, 3.8) is 0 Å². The Morgan fingerprint density at radius 1 is 1.13 bits per heavy atom. The van der Waals surface area contributed by atoms with Gasteiger partial charge in [0, 0.05) is 11.8 Å². The van der Waals surface area contributed by atoms with E-state index in [1.165, 1.54) is 6.20 Å². The van der Waals surface area contributed by atoms with Gasteiger partial charge in [-0.25, -0.2) is 9.36 Å². The van der Waals surface area contributed by atoms with Crippen molar-refractivity contribution < 1.29 is 0 Å². The summed E-state index contributed by atoms with van der Waals surface area (Å²) < 4.78 is 1.12. The van der Waals surface area contributed by atoms with Gasteiger partial charge in [-0.2, -0.15) is 0 Å². The van der Waals surface area contributed by atoms with E-state index in [1.54, 1.807) is 31.2 Å². The van der Waals surface area contributed by atoms with Crippen LogP contribution in [0.1, 0.15) is 5.56 Å². The van der Waals surface area contributed by atoms with E-state index in [0.29, 0.717) is 11.3 Å². The van der Waals surface area contributed by atoms with E-state index in [0.717, 1.165) is 4.57 Å². The van der Waals surface area contributed by atoms with Gasteiger partial charge in [0.15, 0.2) is 0 Å². The molecule has 0 atom stereocenters. The summed E-state index contributed by atoms with van der Waals surface area (Å²) in [4.78, 5) is 25.7. The highest BCUT2D eigenvalue weighted by Crippen LogP contribution is 2.00. The lowest BCUT2D eigenvalue weighted by molar-refractivity contribution is 0.859. The van der Waals surface area contributed by atoms with Gasteiger partial charge in [-0.15, -0.1) is 0 Å². The predicted octanol–water partition coefficient (Wildman–Crippen LogP) is 0.834. The molecule has 0 bridgehead atoms. The summed E-state index contributed by atoms with van der Waals surface area (Å²) in [5.41, 5.74) is 0.382. The van der Waals surface area contributed by atoms with Gasteiger partial charge in [-0.05, 0) is 19.1 Å². The first kappa shape index (κ1) is 9.45. The molecule has 0 saturated carbocycles. The second-order valence-electron chi connectivity index (χ2n) is 3.25. The van der Waals surface area contributed by atoms with E-state index in [9.17, 15) is 9.59 Å². The van der Waals surface area contributed by atoms with Crippen LogP contribution in [0.15, 0.2) is 46.1 Å². The molecule has 1 aromatic carbocycles. The van der Waals surface area contributed by atoms with Crippen molar-refractivity contribution in [1.29, 1.82) is 0 Å². The van der Waals surface area contributed by atoms with Gasteiger partial charge in [0.1, 0.15) is 0 Å². The molecule has 1 heterocycles. The van der Waals surface area contributed by atoms with Crippen molar-refractivity contribution in [2.45, 2.75) is 6.92 Å². The lowest BCUT2D eigenvalue weighted by atomic mass is 10.3. The number of rotatable bonds is 1. The fraction of sp³-hybridized carbons (Fsp3) is 0.0909. The Labute approximate surface area is 85.8 Å². The molecule has 0 amide bonds. The summed E-state index contributed by atoms with van der Waals surface area (Å²) in [6.07, 6.45) is 1.42. The molecule has 2 rings (SSSR count). The molecule has 0 saturated heterocycles. The summed E-state index contributed by atoms with van der Waals surface area (Å²) in [7, 11) is 0. The number of para-hydroxylation sites is 1. The number of benzene rings is 1. The number of nitrogens with one attached hydrogen (secondary N) is 1. The predicted molar refractivity (Wildman–Crippen MR) is 57.4 cm³/mol. The molecule has 4 nitrogen and oxygen atoms in total. The van der Waals surface area contributed by atoms with Crippen LogP contribution < -0.4 is 11.2 Å². The number of hydrogen-bond acceptors (Lipinski definition) is 2. The molecular weight excluding hydrogens is 192 g/mol. The molecule has 2 aromatic rings. The smallest absolute Gasteiger partial charge is 0.313 e. The van der Waals surface area contributed by atoms with Crippen LogP contribution in [0.2, 0.25) is 0 Å². The van der Waals surface area contributed by atoms with Crippen LogP contribution in [-0.2, 0) is 0 Å². The Morgan fingerprint density at radius 3 is 2.47 bits per heavy atom. The molecule has 0 fully saturated rings. The molecule has 0 radical (unpaired) electrons. The molecule has 0 aliphatic carbocycles. The van der Waals surface area contributed by atoms with Gasteiger partial charge in [0.05, 0.1) is 5.69 Å². The molecule has 76 valence electrons. The third kappa shape index (κ3) is 1.61. The highest BCUT2D eigenvalue weighted by atomic mass is 16.2. The van der Waals surface area contributed by atoms with Crippen molar-refractivity contribution in [2.75, 3.05) is 0 Å². The summed E-state index contributed by atoms with van der Waals surface area (Å²) in [5, 5.41) is 0. The first-order valence-corrected chi connectivity index (χ1v) is 4.57.